The van der Waals surface area contributed by atoms with E-state index in [0.29, 0.717) is 12.1 Å². The second kappa shape index (κ2) is 5.07. The highest BCUT2D eigenvalue weighted by atomic mass is 15.3. The number of guanidine groups is 1. The van der Waals surface area contributed by atoms with Crippen LogP contribution >= 0.6 is 0 Å². The Kier molecular flexibility index (Phi) is 3.72. The van der Waals surface area contributed by atoms with E-state index in [-0.39, 0.29) is 0 Å². The van der Waals surface area contributed by atoms with Crippen molar-refractivity contribution in [3.63, 3.8) is 0 Å². The second-order valence-electron chi connectivity index (χ2n) is 5.62. The van der Waals surface area contributed by atoms with Gasteiger partial charge in [-0.15, -0.1) is 0 Å². The van der Waals surface area contributed by atoms with Crippen LogP contribution in [-0.4, -0.2) is 29.5 Å². The first-order valence-corrected chi connectivity index (χ1v) is 6.76. The monoisotopic (exact) mass is 223 g/mol. The van der Waals surface area contributed by atoms with Gasteiger partial charge in [-0.3, -0.25) is 0 Å². The average molecular weight is 223 g/mol. The normalized spacial score (nSPS) is 23.1. The van der Waals surface area contributed by atoms with Gasteiger partial charge in [0.1, 0.15) is 0 Å². The molecule has 92 valence electrons. The van der Waals surface area contributed by atoms with E-state index in [2.05, 4.69) is 18.7 Å². The van der Waals surface area contributed by atoms with Crippen molar-refractivity contribution in [3.8, 4) is 0 Å². The van der Waals surface area contributed by atoms with Gasteiger partial charge in [0.05, 0.1) is 6.04 Å². The first-order valence-electron chi connectivity index (χ1n) is 6.76. The maximum Gasteiger partial charge on any atom is 0.191 e. The highest BCUT2D eigenvalue weighted by Crippen LogP contribution is 2.30. The van der Waals surface area contributed by atoms with Crippen molar-refractivity contribution in [1.82, 2.24) is 4.90 Å². The zero-order valence-corrected chi connectivity index (χ0v) is 10.7. The fraction of sp³-hybridized carbons (Fsp3) is 0.923. The van der Waals surface area contributed by atoms with E-state index in [1.54, 1.807) is 0 Å². The van der Waals surface area contributed by atoms with E-state index < -0.39 is 0 Å². The van der Waals surface area contributed by atoms with Crippen molar-refractivity contribution in [2.24, 2.45) is 16.6 Å². The minimum absolute atomic E-state index is 0.478. The topological polar surface area (TPSA) is 41.6 Å². The predicted octanol–water partition coefficient (Wildman–Crippen LogP) is 2.36. The molecule has 2 N–H and O–H groups in total. The zero-order chi connectivity index (χ0) is 11.5. The molecule has 0 aliphatic heterocycles. The quantitative estimate of drug-likeness (QED) is 0.587. The van der Waals surface area contributed by atoms with Gasteiger partial charge >= 0.3 is 0 Å². The van der Waals surface area contributed by atoms with Crippen LogP contribution in [0.15, 0.2) is 4.99 Å². The predicted molar refractivity (Wildman–Crippen MR) is 68.4 cm³/mol. The molecule has 2 aliphatic rings. The molecule has 0 bridgehead atoms. The third-order valence-electron chi connectivity index (χ3n) is 3.71. The number of nitrogens with two attached hydrogens (primary N) is 1. The standard InChI is InChI=1S/C13H25N3/c1-10(2)16(9-11-7-8-11)13(14)15-12-5-3-4-6-12/h10-12H,3-9H2,1-2H3,(H2,14,15). The Hall–Kier alpha value is -0.730. The summed E-state index contributed by atoms with van der Waals surface area (Å²) in [4.78, 5) is 6.99. The number of rotatable bonds is 4. The molecule has 0 spiro atoms. The SMILES string of the molecule is CC(C)N(CC1CC1)C(N)=NC1CCCC1. The Balaban J connectivity index is 1.93. The largest absolute Gasteiger partial charge is 0.370 e. The molecule has 0 saturated heterocycles. The minimum atomic E-state index is 0.478. The highest BCUT2D eigenvalue weighted by molar-refractivity contribution is 5.78. The molecule has 0 unspecified atom stereocenters. The van der Waals surface area contributed by atoms with Crippen LogP contribution in [0, 0.1) is 5.92 Å². The van der Waals surface area contributed by atoms with Crippen LogP contribution in [0.1, 0.15) is 52.4 Å². The molecule has 0 aromatic rings. The Morgan fingerprint density at radius 2 is 1.88 bits per heavy atom. The first kappa shape index (κ1) is 11.7. The molecule has 2 saturated carbocycles. The summed E-state index contributed by atoms with van der Waals surface area (Å²) in [5.41, 5.74) is 6.15. The molecule has 16 heavy (non-hydrogen) atoms. The van der Waals surface area contributed by atoms with Gasteiger partial charge in [0.2, 0.25) is 0 Å². The summed E-state index contributed by atoms with van der Waals surface area (Å²) in [6, 6.07) is 0.978. The lowest BCUT2D eigenvalue weighted by Gasteiger charge is -2.28. The summed E-state index contributed by atoms with van der Waals surface area (Å²) in [5, 5.41) is 0. The molecule has 3 nitrogen and oxygen atoms in total. The molecule has 0 amide bonds. The van der Waals surface area contributed by atoms with Crippen LogP contribution in [0.4, 0.5) is 0 Å². The Labute approximate surface area is 99.1 Å². The van der Waals surface area contributed by atoms with Crippen LogP contribution in [0.2, 0.25) is 0 Å². The Bertz CT molecular complexity index is 250. The molecule has 2 rings (SSSR count). The van der Waals surface area contributed by atoms with Gasteiger partial charge in [-0.1, -0.05) is 12.8 Å². The molecular weight excluding hydrogens is 198 g/mol. The van der Waals surface area contributed by atoms with Crippen molar-refractivity contribution in [1.29, 1.82) is 0 Å². The van der Waals surface area contributed by atoms with Gasteiger partial charge in [-0.25, -0.2) is 4.99 Å². The van der Waals surface area contributed by atoms with Crippen LogP contribution in [0.5, 0.6) is 0 Å². The molecule has 0 heterocycles. The Morgan fingerprint density at radius 3 is 2.38 bits per heavy atom. The smallest absolute Gasteiger partial charge is 0.191 e. The summed E-state index contributed by atoms with van der Waals surface area (Å²) in [5.74, 6) is 1.66. The van der Waals surface area contributed by atoms with Crippen LogP contribution < -0.4 is 5.73 Å². The second-order valence-corrected chi connectivity index (χ2v) is 5.62. The number of hydrogen-bond acceptors (Lipinski definition) is 1. The van der Waals surface area contributed by atoms with Gasteiger partial charge in [-0.2, -0.15) is 0 Å². The minimum Gasteiger partial charge on any atom is -0.370 e. The van der Waals surface area contributed by atoms with Gasteiger partial charge in [0.25, 0.3) is 0 Å². The van der Waals surface area contributed by atoms with Crippen LogP contribution in [0.3, 0.4) is 0 Å². The molecule has 0 aromatic carbocycles. The molecule has 2 aliphatic carbocycles. The van der Waals surface area contributed by atoms with E-state index >= 15 is 0 Å². The van der Waals surface area contributed by atoms with Crippen molar-refractivity contribution >= 4 is 5.96 Å². The maximum atomic E-state index is 6.15. The van der Waals surface area contributed by atoms with Crippen molar-refractivity contribution < 1.29 is 0 Å². The summed E-state index contributed by atoms with van der Waals surface area (Å²) in [7, 11) is 0. The third kappa shape index (κ3) is 3.13. The number of hydrogen-bond donors (Lipinski definition) is 1. The average Bonchev–Trinajstić information content (AvgIpc) is 2.91. The van der Waals surface area contributed by atoms with E-state index in [9.17, 15) is 0 Å². The molecular formula is C13H25N3. The first-order chi connectivity index (χ1) is 7.66. The third-order valence-corrected chi connectivity index (χ3v) is 3.71. The maximum absolute atomic E-state index is 6.15. The molecule has 3 heteroatoms. The molecule has 2 fully saturated rings. The lowest BCUT2D eigenvalue weighted by atomic mass is 10.2. The fourth-order valence-electron chi connectivity index (χ4n) is 2.44. The van der Waals surface area contributed by atoms with Crippen LogP contribution in [-0.2, 0) is 0 Å². The number of aliphatic imine (C=N–C) groups is 1. The van der Waals surface area contributed by atoms with E-state index in [1.807, 2.05) is 0 Å². The van der Waals surface area contributed by atoms with Crippen LogP contribution in [0.25, 0.3) is 0 Å². The summed E-state index contributed by atoms with van der Waals surface area (Å²) >= 11 is 0. The number of nitrogens with zero attached hydrogens (tertiary/aromatic N) is 2. The summed E-state index contributed by atoms with van der Waals surface area (Å²) < 4.78 is 0. The molecule has 0 radical (unpaired) electrons. The van der Waals surface area contributed by atoms with Gasteiger partial charge < -0.3 is 10.6 Å². The van der Waals surface area contributed by atoms with Gasteiger partial charge in [0.15, 0.2) is 5.96 Å². The summed E-state index contributed by atoms with van der Waals surface area (Å²) in [6.07, 6.45) is 7.86. The van der Waals surface area contributed by atoms with E-state index in [0.717, 1.165) is 18.4 Å². The Morgan fingerprint density at radius 1 is 1.25 bits per heavy atom. The van der Waals surface area contributed by atoms with Crippen molar-refractivity contribution in [2.75, 3.05) is 6.54 Å². The highest BCUT2D eigenvalue weighted by Gasteiger charge is 2.27. The van der Waals surface area contributed by atoms with E-state index in [4.69, 9.17) is 10.7 Å². The summed E-state index contributed by atoms with van der Waals surface area (Å²) in [6.45, 7) is 5.53. The van der Waals surface area contributed by atoms with E-state index in [1.165, 1.54) is 38.5 Å². The zero-order valence-electron chi connectivity index (χ0n) is 10.7. The van der Waals surface area contributed by atoms with Gasteiger partial charge in [0, 0.05) is 12.6 Å². The van der Waals surface area contributed by atoms with Crippen molar-refractivity contribution in [2.45, 2.75) is 64.5 Å². The molecule has 0 aromatic heterocycles. The van der Waals surface area contributed by atoms with Crippen molar-refractivity contribution in [3.05, 3.63) is 0 Å². The lowest BCUT2D eigenvalue weighted by Crippen LogP contribution is -2.43. The fourth-order valence-corrected chi connectivity index (χ4v) is 2.44. The molecule has 0 atom stereocenters. The van der Waals surface area contributed by atoms with Gasteiger partial charge in [-0.05, 0) is 45.4 Å². The lowest BCUT2D eigenvalue weighted by molar-refractivity contribution is 0.329.